The predicted octanol–water partition coefficient (Wildman–Crippen LogP) is 0.355. The first-order valence-electron chi connectivity index (χ1n) is 7.27. The van der Waals surface area contributed by atoms with Crippen LogP contribution in [-0.2, 0) is 4.74 Å². The van der Waals surface area contributed by atoms with E-state index in [-0.39, 0.29) is 11.7 Å². The number of anilines is 1. The molecule has 23 heavy (non-hydrogen) atoms. The summed E-state index contributed by atoms with van der Waals surface area (Å²) in [5.74, 6) is -0.0676. The summed E-state index contributed by atoms with van der Waals surface area (Å²) >= 11 is 0. The fourth-order valence-corrected chi connectivity index (χ4v) is 2.54. The molecule has 1 saturated heterocycles. The van der Waals surface area contributed by atoms with Crippen LogP contribution in [-0.4, -0.2) is 64.0 Å². The van der Waals surface area contributed by atoms with Crippen molar-refractivity contribution in [3.8, 4) is 5.88 Å². The molecule has 0 bridgehead atoms. The molecule has 0 spiro atoms. The number of hydrogen-bond acceptors (Lipinski definition) is 7. The maximum absolute atomic E-state index is 12.2. The Bertz CT molecular complexity index is 506. The predicted molar refractivity (Wildman–Crippen MR) is 76.3 cm³/mol. The number of rotatable bonds is 6. The molecule has 130 valence electrons. The third kappa shape index (κ3) is 4.25. The topological polar surface area (TPSA) is 104 Å². The van der Waals surface area contributed by atoms with E-state index in [1.54, 1.807) is 0 Å². The lowest BCUT2D eigenvalue weighted by Crippen LogP contribution is -2.61. The smallest absolute Gasteiger partial charge is 0.388 e. The van der Waals surface area contributed by atoms with E-state index in [9.17, 15) is 24.1 Å². The minimum atomic E-state index is -2.99. The first kappa shape index (κ1) is 17.8. The van der Waals surface area contributed by atoms with Crippen molar-refractivity contribution in [3.63, 3.8) is 0 Å². The van der Waals surface area contributed by atoms with Crippen molar-refractivity contribution in [3.05, 3.63) is 18.2 Å². The molecular formula is C14H20F2N2O5. The summed E-state index contributed by atoms with van der Waals surface area (Å²) in [5, 5.41) is 32.2. The van der Waals surface area contributed by atoms with Gasteiger partial charge in [0.1, 0.15) is 24.1 Å². The number of aromatic nitrogens is 1. The van der Waals surface area contributed by atoms with E-state index in [1.165, 1.54) is 18.2 Å². The van der Waals surface area contributed by atoms with Crippen molar-refractivity contribution in [2.24, 2.45) is 0 Å². The molecule has 4 N–H and O–H groups in total. The van der Waals surface area contributed by atoms with Crippen molar-refractivity contribution in [2.45, 2.75) is 50.4 Å². The van der Waals surface area contributed by atoms with Gasteiger partial charge in [-0.25, -0.2) is 0 Å². The number of halogens is 2. The summed E-state index contributed by atoms with van der Waals surface area (Å²) in [7, 11) is 0. The highest BCUT2D eigenvalue weighted by Crippen LogP contribution is 2.26. The largest absolute Gasteiger partial charge is 0.417 e. The number of aliphatic hydroxyl groups excluding tert-OH is 3. The summed E-state index contributed by atoms with van der Waals surface area (Å²) in [4.78, 5) is 3.86. The van der Waals surface area contributed by atoms with Gasteiger partial charge < -0.3 is 30.1 Å². The second-order valence-electron chi connectivity index (χ2n) is 5.19. The van der Waals surface area contributed by atoms with E-state index >= 15 is 0 Å². The fourth-order valence-electron chi connectivity index (χ4n) is 2.54. The van der Waals surface area contributed by atoms with Crippen molar-refractivity contribution in [1.82, 2.24) is 4.98 Å². The van der Waals surface area contributed by atoms with Gasteiger partial charge in [0.2, 0.25) is 5.88 Å². The normalized spacial score (nSPS) is 31.2. The third-order valence-corrected chi connectivity index (χ3v) is 3.68. The standard InChI is InChI=1S/C14H20F2N2O5/c1-2-7-11(13(21)12(20)8(6-19)22-7)18-9-4-3-5-10(17-9)23-14(15)16/h3-5,7-8,11-14,19-21H,2,6H2,1H3,(H,17,18)/t7?,8-,11+,12+,13-/m1/s1. The van der Waals surface area contributed by atoms with Gasteiger partial charge in [0.25, 0.3) is 0 Å². The van der Waals surface area contributed by atoms with Crippen LogP contribution in [0, 0.1) is 0 Å². The molecule has 1 aliphatic heterocycles. The highest BCUT2D eigenvalue weighted by molar-refractivity contribution is 5.39. The minimum Gasteiger partial charge on any atom is -0.417 e. The number of nitrogens with one attached hydrogen (secondary N) is 1. The van der Waals surface area contributed by atoms with Crippen LogP contribution in [0.1, 0.15) is 13.3 Å². The number of alkyl halides is 2. The van der Waals surface area contributed by atoms with Crippen molar-refractivity contribution >= 4 is 5.82 Å². The van der Waals surface area contributed by atoms with Gasteiger partial charge in [-0.2, -0.15) is 13.8 Å². The van der Waals surface area contributed by atoms with Gasteiger partial charge in [0.05, 0.1) is 18.8 Å². The molecule has 9 heteroatoms. The summed E-state index contributed by atoms with van der Waals surface area (Å²) in [5.41, 5.74) is 0. The quantitative estimate of drug-likeness (QED) is 0.595. The van der Waals surface area contributed by atoms with E-state index < -0.39 is 43.7 Å². The van der Waals surface area contributed by atoms with E-state index in [4.69, 9.17) is 4.74 Å². The Morgan fingerprint density at radius 1 is 1.30 bits per heavy atom. The Kier molecular flexibility index (Phi) is 6.05. The summed E-state index contributed by atoms with van der Waals surface area (Å²) in [6.45, 7) is -1.59. The van der Waals surface area contributed by atoms with Crippen LogP contribution >= 0.6 is 0 Å². The average molecular weight is 334 g/mol. The summed E-state index contributed by atoms with van der Waals surface area (Å²) in [6, 6.07) is 3.55. The molecule has 0 radical (unpaired) electrons. The molecule has 0 aliphatic carbocycles. The Balaban J connectivity index is 2.13. The van der Waals surface area contributed by atoms with Crippen LogP contribution in [0.5, 0.6) is 5.88 Å². The highest BCUT2D eigenvalue weighted by atomic mass is 19.3. The van der Waals surface area contributed by atoms with E-state index in [2.05, 4.69) is 15.0 Å². The summed E-state index contributed by atoms with van der Waals surface area (Å²) < 4.78 is 34.2. The van der Waals surface area contributed by atoms with Crippen LogP contribution in [0.2, 0.25) is 0 Å². The van der Waals surface area contributed by atoms with Gasteiger partial charge in [0.15, 0.2) is 0 Å². The molecule has 0 aromatic carbocycles. The molecule has 1 fully saturated rings. The van der Waals surface area contributed by atoms with E-state index in [0.717, 1.165) is 0 Å². The van der Waals surface area contributed by atoms with Crippen LogP contribution in [0.25, 0.3) is 0 Å². The average Bonchev–Trinajstić information content (AvgIpc) is 2.52. The zero-order chi connectivity index (χ0) is 17.0. The lowest BCUT2D eigenvalue weighted by Gasteiger charge is -2.42. The van der Waals surface area contributed by atoms with Gasteiger partial charge in [-0.15, -0.1) is 0 Å². The molecule has 7 nitrogen and oxygen atoms in total. The van der Waals surface area contributed by atoms with Crippen LogP contribution in [0.15, 0.2) is 18.2 Å². The Hall–Kier alpha value is -1.55. The molecule has 1 aromatic heterocycles. The Labute approximate surface area is 131 Å². The maximum atomic E-state index is 12.2. The number of nitrogens with zero attached hydrogens (tertiary/aromatic N) is 1. The van der Waals surface area contributed by atoms with Crippen LogP contribution < -0.4 is 10.1 Å². The Morgan fingerprint density at radius 3 is 2.65 bits per heavy atom. The van der Waals surface area contributed by atoms with Gasteiger partial charge >= 0.3 is 6.61 Å². The number of hydrogen-bond donors (Lipinski definition) is 4. The zero-order valence-corrected chi connectivity index (χ0v) is 12.5. The molecular weight excluding hydrogens is 314 g/mol. The zero-order valence-electron chi connectivity index (χ0n) is 12.5. The van der Waals surface area contributed by atoms with Gasteiger partial charge in [-0.1, -0.05) is 13.0 Å². The monoisotopic (exact) mass is 334 g/mol. The molecule has 2 rings (SSSR count). The first-order chi connectivity index (χ1) is 11.0. The molecule has 1 aliphatic rings. The molecule has 5 atom stereocenters. The maximum Gasteiger partial charge on any atom is 0.388 e. The molecule has 0 saturated carbocycles. The van der Waals surface area contributed by atoms with Crippen molar-refractivity contribution < 1.29 is 33.6 Å². The SMILES string of the molecule is CCC1O[C@H](CO)[C@H](O)[C@H](O)[C@H]1Nc1cccc(OC(F)F)n1. The number of aliphatic hydroxyl groups is 3. The van der Waals surface area contributed by atoms with Crippen LogP contribution in [0.3, 0.4) is 0 Å². The summed E-state index contributed by atoms with van der Waals surface area (Å²) in [6.07, 6.45) is -3.36. The van der Waals surface area contributed by atoms with Gasteiger partial charge in [-0.3, -0.25) is 0 Å². The van der Waals surface area contributed by atoms with Crippen molar-refractivity contribution in [2.75, 3.05) is 11.9 Å². The minimum absolute atomic E-state index is 0.198. The van der Waals surface area contributed by atoms with E-state index in [1.807, 2.05) is 6.92 Å². The van der Waals surface area contributed by atoms with Crippen molar-refractivity contribution in [1.29, 1.82) is 0 Å². The van der Waals surface area contributed by atoms with E-state index in [0.29, 0.717) is 6.42 Å². The molecule has 2 heterocycles. The highest BCUT2D eigenvalue weighted by Gasteiger charge is 2.43. The van der Waals surface area contributed by atoms with Crippen LogP contribution in [0.4, 0.5) is 14.6 Å². The number of pyridine rings is 1. The lowest BCUT2D eigenvalue weighted by molar-refractivity contribution is -0.185. The Morgan fingerprint density at radius 2 is 2.04 bits per heavy atom. The second kappa shape index (κ2) is 7.82. The van der Waals surface area contributed by atoms with Gasteiger partial charge in [0, 0.05) is 6.07 Å². The molecule has 1 aromatic rings. The fraction of sp³-hybridized carbons (Fsp3) is 0.643. The molecule has 0 amide bonds. The number of ether oxygens (including phenoxy) is 2. The molecule has 1 unspecified atom stereocenters. The first-order valence-corrected chi connectivity index (χ1v) is 7.27. The lowest BCUT2D eigenvalue weighted by atomic mass is 9.91. The van der Waals surface area contributed by atoms with Gasteiger partial charge in [-0.05, 0) is 12.5 Å². The second-order valence-corrected chi connectivity index (χ2v) is 5.19. The third-order valence-electron chi connectivity index (χ3n) is 3.68.